The summed E-state index contributed by atoms with van der Waals surface area (Å²) >= 11 is 0. The van der Waals surface area contributed by atoms with Gasteiger partial charge in [0.25, 0.3) is 5.91 Å². The minimum absolute atomic E-state index is 0.0488. The molecule has 0 aliphatic rings. The van der Waals surface area contributed by atoms with Crippen molar-refractivity contribution < 1.29 is 17.6 Å². The van der Waals surface area contributed by atoms with Crippen molar-refractivity contribution in [1.29, 1.82) is 0 Å². The summed E-state index contributed by atoms with van der Waals surface area (Å²) in [6.45, 7) is 2.30. The van der Waals surface area contributed by atoms with Crippen LogP contribution in [0.2, 0.25) is 0 Å². The van der Waals surface area contributed by atoms with Crippen LogP contribution in [-0.2, 0) is 16.4 Å². The Morgan fingerprint density at radius 2 is 1.67 bits per heavy atom. The maximum atomic E-state index is 12.4. The lowest BCUT2D eigenvalue weighted by molar-refractivity contribution is 0.0954. The average Bonchev–Trinajstić information content (AvgIpc) is 2.79. The highest BCUT2D eigenvalue weighted by molar-refractivity contribution is 7.89. The van der Waals surface area contributed by atoms with E-state index in [1.54, 1.807) is 48.5 Å². The van der Waals surface area contributed by atoms with E-state index < -0.39 is 10.0 Å². The van der Waals surface area contributed by atoms with Gasteiger partial charge in [0.05, 0.1) is 10.3 Å². The van der Waals surface area contributed by atoms with Crippen LogP contribution < -0.4 is 15.9 Å². The molecule has 1 heterocycles. The normalized spacial score (nSPS) is 11.5. The number of nitrogens with one attached hydrogen (secondary N) is 1. The minimum Gasteiger partial charge on any atom is -0.456 e. The predicted molar refractivity (Wildman–Crippen MR) is 127 cm³/mol. The van der Waals surface area contributed by atoms with Crippen LogP contribution in [-0.4, -0.2) is 20.9 Å². The zero-order chi connectivity index (χ0) is 23.6. The topological polar surface area (TPSA) is 119 Å². The first-order valence-electron chi connectivity index (χ1n) is 10.3. The Kier molecular flexibility index (Phi) is 6.13. The van der Waals surface area contributed by atoms with Gasteiger partial charge in [0, 0.05) is 23.7 Å². The number of amides is 1. The summed E-state index contributed by atoms with van der Waals surface area (Å²) < 4.78 is 28.5. The van der Waals surface area contributed by atoms with Crippen LogP contribution in [0.3, 0.4) is 0 Å². The van der Waals surface area contributed by atoms with Crippen LogP contribution in [0.5, 0.6) is 0 Å². The van der Waals surface area contributed by atoms with Gasteiger partial charge in [0.1, 0.15) is 11.3 Å². The number of nitrogens with two attached hydrogens (primary N) is 1. The Hall–Kier alpha value is -3.75. The van der Waals surface area contributed by atoms with Gasteiger partial charge < -0.3 is 9.73 Å². The van der Waals surface area contributed by atoms with Crippen LogP contribution >= 0.6 is 0 Å². The number of hydrogen-bond donors (Lipinski definition) is 2. The third kappa shape index (κ3) is 5.19. The van der Waals surface area contributed by atoms with Crippen LogP contribution in [0, 0.1) is 6.92 Å². The van der Waals surface area contributed by atoms with Crippen molar-refractivity contribution in [2.45, 2.75) is 18.2 Å². The average molecular weight is 463 g/mol. The van der Waals surface area contributed by atoms with E-state index in [4.69, 9.17) is 9.56 Å². The lowest BCUT2D eigenvalue weighted by Gasteiger charge is -2.08. The summed E-state index contributed by atoms with van der Waals surface area (Å²) in [4.78, 5) is 24.9. The number of carbonyl (C=O) groups excluding carboxylic acids is 1. The smallest absolute Gasteiger partial charge is 0.251 e. The van der Waals surface area contributed by atoms with E-state index in [9.17, 15) is 18.0 Å². The summed E-state index contributed by atoms with van der Waals surface area (Å²) in [7, 11) is -3.72. The molecule has 0 radical (unpaired) electrons. The number of sulfonamides is 1. The Morgan fingerprint density at radius 1 is 0.970 bits per heavy atom. The first-order valence-corrected chi connectivity index (χ1v) is 11.8. The first-order chi connectivity index (χ1) is 15.7. The summed E-state index contributed by atoms with van der Waals surface area (Å²) in [6.07, 6.45) is 0.538. The van der Waals surface area contributed by atoms with E-state index in [1.165, 1.54) is 18.2 Å². The first kappa shape index (κ1) is 22.4. The van der Waals surface area contributed by atoms with Gasteiger partial charge in [0.15, 0.2) is 5.43 Å². The number of aryl methyl sites for hydroxylation is 1. The monoisotopic (exact) mass is 462 g/mol. The van der Waals surface area contributed by atoms with Gasteiger partial charge in [-0.3, -0.25) is 9.59 Å². The number of benzene rings is 3. The standard InChI is InChI=1S/C25H22N2O5S/c1-16-2-11-23-21(14-16)22(28)15-24(32-23)18-5-7-19(8-6-18)25(29)27-13-12-17-3-9-20(10-4-17)33(26,30)31/h2-11,14-15H,12-13H2,1H3,(H,27,29)(H2,26,30,31). The van der Waals surface area contributed by atoms with Crippen molar-refractivity contribution in [3.63, 3.8) is 0 Å². The maximum absolute atomic E-state index is 12.4. The van der Waals surface area contributed by atoms with Gasteiger partial charge >= 0.3 is 0 Å². The van der Waals surface area contributed by atoms with Crippen molar-refractivity contribution in [2.75, 3.05) is 6.54 Å². The summed E-state index contributed by atoms with van der Waals surface area (Å²) in [5.41, 5.74) is 3.43. The molecule has 3 N–H and O–H groups in total. The molecule has 0 spiro atoms. The van der Waals surface area contributed by atoms with E-state index in [1.807, 2.05) is 13.0 Å². The minimum atomic E-state index is -3.72. The van der Waals surface area contributed by atoms with Crippen LogP contribution in [0.15, 0.2) is 86.9 Å². The molecule has 33 heavy (non-hydrogen) atoms. The van der Waals surface area contributed by atoms with Crippen molar-refractivity contribution in [3.05, 3.63) is 99.7 Å². The lowest BCUT2D eigenvalue weighted by Crippen LogP contribution is -2.25. The molecule has 0 saturated carbocycles. The Balaban J connectivity index is 1.41. The highest BCUT2D eigenvalue weighted by Crippen LogP contribution is 2.23. The highest BCUT2D eigenvalue weighted by atomic mass is 32.2. The molecule has 1 amide bonds. The Bertz CT molecular complexity index is 1490. The molecule has 3 aromatic carbocycles. The molecule has 1 aromatic heterocycles. The molecule has 4 rings (SSSR count). The molecular weight excluding hydrogens is 440 g/mol. The summed E-state index contributed by atoms with van der Waals surface area (Å²) in [5, 5.41) is 8.46. The van der Waals surface area contributed by atoms with Crippen molar-refractivity contribution >= 4 is 26.9 Å². The fourth-order valence-corrected chi connectivity index (χ4v) is 3.98. The van der Waals surface area contributed by atoms with Gasteiger partial charge in [0.2, 0.25) is 10.0 Å². The quantitative estimate of drug-likeness (QED) is 0.455. The van der Waals surface area contributed by atoms with Gasteiger partial charge in [-0.15, -0.1) is 0 Å². The fourth-order valence-electron chi connectivity index (χ4n) is 3.47. The van der Waals surface area contributed by atoms with E-state index in [2.05, 4.69) is 5.32 Å². The van der Waals surface area contributed by atoms with Crippen molar-refractivity contribution in [1.82, 2.24) is 5.32 Å². The summed E-state index contributed by atoms with van der Waals surface area (Å²) in [5.74, 6) is 0.199. The molecule has 0 aliphatic heterocycles. The molecule has 4 aromatic rings. The predicted octanol–water partition coefficient (Wildman–Crippen LogP) is 3.39. The molecule has 0 bridgehead atoms. The number of carbonyl (C=O) groups is 1. The fraction of sp³-hybridized carbons (Fsp3) is 0.120. The zero-order valence-corrected chi connectivity index (χ0v) is 18.7. The molecule has 0 unspecified atom stereocenters. The number of hydrogen-bond acceptors (Lipinski definition) is 5. The van der Waals surface area contributed by atoms with Crippen LogP contribution in [0.25, 0.3) is 22.3 Å². The molecule has 0 fully saturated rings. The van der Waals surface area contributed by atoms with E-state index in [0.29, 0.717) is 40.8 Å². The second-order valence-electron chi connectivity index (χ2n) is 7.75. The van der Waals surface area contributed by atoms with E-state index in [0.717, 1.165) is 11.1 Å². The van der Waals surface area contributed by atoms with Gasteiger partial charge in [-0.2, -0.15) is 0 Å². The van der Waals surface area contributed by atoms with Gasteiger partial charge in [-0.25, -0.2) is 13.6 Å². The number of rotatable bonds is 6. The zero-order valence-electron chi connectivity index (χ0n) is 17.9. The largest absolute Gasteiger partial charge is 0.456 e. The lowest BCUT2D eigenvalue weighted by atomic mass is 10.1. The molecular formula is C25H22N2O5S. The second-order valence-corrected chi connectivity index (χ2v) is 9.31. The van der Waals surface area contributed by atoms with Crippen molar-refractivity contribution in [2.24, 2.45) is 5.14 Å². The molecule has 0 atom stereocenters. The maximum Gasteiger partial charge on any atom is 0.251 e. The highest BCUT2D eigenvalue weighted by Gasteiger charge is 2.10. The van der Waals surface area contributed by atoms with Gasteiger partial charge in [-0.05, 0) is 55.3 Å². The third-order valence-electron chi connectivity index (χ3n) is 5.27. The van der Waals surface area contributed by atoms with E-state index in [-0.39, 0.29) is 16.2 Å². The molecule has 0 aliphatic carbocycles. The van der Waals surface area contributed by atoms with E-state index >= 15 is 0 Å². The SMILES string of the molecule is Cc1ccc2oc(-c3ccc(C(=O)NCCc4ccc(S(N)(=O)=O)cc4)cc3)cc(=O)c2c1. The second kappa shape index (κ2) is 9.01. The number of fused-ring (bicyclic) bond motifs is 1. The molecule has 7 nitrogen and oxygen atoms in total. The molecule has 168 valence electrons. The van der Waals surface area contributed by atoms with Crippen LogP contribution in [0.1, 0.15) is 21.5 Å². The Labute approximate surface area is 190 Å². The van der Waals surface area contributed by atoms with Crippen LogP contribution in [0.4, 0.5) is 0 Å². The summed E-state index contributed by atoms with van der Waals surface area (Å²) in [6, 6.07) is 19.9. The molecule has 0 saturated heterocycles. The third-order valence-corrected chi connectivity index (χ3v) is 6.19. The molecule has 8 heteroatoms. The van der Waals surface area contributed by atoms with Crippen molar-refractivity contribution in [3.8, 4) is 11.3 Å². The van der Waals surface area contributed by atoms with Gasteiger partial charge in [-0.1, -0.05) is 35.9 Å². The number of primary sulfonamides is 1. The Morgan fingerprint density at radius 3 is 2.33 bits per heavy atom.